The van der Waals surface area contributed by atoms with Gasteiger partial charge in [0, 0.05) is 17.8 Å². The second-order valence-electron chi connectivity index (χ2n) is 4.81. The first-order chi connectivity index (χ1) is 11.1. The highest BCUT2D eigenvalue weighted by molar-refractivity contribution is 5.84. The van der Waals surface area contributed by atoms with E-state index in [2.05, 4.69) is 15.8 Å². The smallest absolute Gasteiger partial charge is 0.269 e. The zero-order chi connectivity index (χ0) is 16.7. The number of carbonyl (C=O) groups excluding carboxylic acids is 1. The summed E-state index contributed by atoms with van der Waals surface area (Å²) in [6.07, 6.45) is 1.43. The number of hydrogen-bond acceptors (Lipinski definition) is 5. The van der Waals surface area contributed by atoms with Gasteiger partial charge in [0.2, 0.25) is 0 Å². The summed E-state index contributed by atoms with van der Waals surface area (Å²) in [6, 6.07) is 13.5. The van der Waals surface area contributed by atoms with Crippen molar-refractivity contribution in [2.24, 2.45) is 5.10 Å². The number of nitro benzene ring substituents is 1. The van der Waals surface area contributed by atoms with E-state index in [9.17, 15) is 14.9 Å². The third-order valence-electron chi connectivity index (χ3n) is 3.09. The van der Waals surface area contributed by atoms with Crippen LogP contribution in [0.3, 0.4) is 0 Å². The number of nitrogens with zero attached hydrogens (tertiary/aromatic N) is 2. The Morgan fingerprint density at radius 3 is 2.57 bits per heavy atom. The maximum absolute atomic E-state index is 11.7. The highest BCUT2D eigenvalue weighted by Gasteiger charge is 2.03. The second-order valence-corrected chi connectivity index (χ2v) is 4.81. The molecule has 0 atom stereocenters. The molecule has 7 nitrogen and oxygen atoms in total. The summed E-state index contributed by atoms with van der Waals surface area (Å²) >= 11 is 0. The van der Waals surface area contributed by atoms with Gasteiger partial charge in [0.1, 0.15) is 0 Å². The highest BCUT2D eigenvalue weighted by Crippen LogP contribution is 2.12. The van der Waals surface area contributed by atoms with Crippen LogP contribution in [0.2, 0.25) is 0 Å². The van der Waals surface area contributed by atoms with Gasteiger partial charge in [-0.3, -0.25) is 14.9 Å². The van der Waals surface area contributed by atoms with Gasteiger partial charge in [-0.05, 0) is 36.2 Å². The van der Waals surface area contributed by atoms with Crippen LogP contribution in [0.4, 0.5) is 11.4 Å². The predicted molar refractivity (Wildman–Crippen MR) is 88.5 cm³/mol. The Kier molecular flexibility index (Phi) is 5.40. The molecule has 0 aliphatic heterocycles. The van der Waals surface area contributed by atoms with Crippen LogP contribution in [0.1, 0.15) is 11.1 Å². The van der Waals surface area contributed by atoms with Crippen LogP contribution < -0.4 is 10.7 Å². The molecule has 2 rings (SSSR count). The van der Waals surface area contributed by atoms with Gasteiger partial charge < -0.3 is 5.32 Å². The van der Waals surface area contributed by atoms with Crippen LogP contribution >= 0.6 is 0 Å². The minimum atomic E-state index is -0.472. The molecule has 0 saturated heterocycles. The number of non-ortho nitro benzene ring substituents is 1. The van der Waals surface area contributed by atoms with Crippen molar-refractivity contribution in [3.63, 3.8) is 0 Å². The summed E-state index contributed by atoms with van der Waals surface area (Å²) in [5.74, 6) is -0.286. The van der Waals surface area contributed by atoms with Crippen molar-refractivity contribution in [1.29, 1.82) is 0 Å². The van der Waals surface area contributed by atoms with Crippen molar-refractivity contribution < 1.29 is 9.72 Å². The van der Waals surface area contributed by atoms with Gasteiger partial charge in [-0.2, -0.15) is 5.10 Å². The molecule has 0 heterocycles. The van der Waals surface area contributed by atoms with Gasteiger partial charge >= 0.3 is 0 Å². The van der Waals surface area contributed by atoms with E-state index in [0.29, 0.717) is 5.56 Å². The molecule has 0 fully saturated rings. The van der Waals surface area contributed by atoms with Gasteiger partial charge in [0.05, 0.1) is 17.7 Å². The average Bonchev–Trinajstić information content (AvgIpc) is 2.54. The number of nitrogens with one attached hydrogen (secondary N) is 2. The first kappa shape index (κ1) is 16.2. The van der Waals surface area contributed by atoms with Gasteiger partial charge in [0.25, 0.3) is 11.6 Å². The van der Waals surface area contributed by atoms with Gasteiger partial charge in [0.15, 0.2) is 0 Å². The third kappa shape index (κ3) is 4.92. The van der Waals surface area contributed by atoms with E-state index in [1.54, 1.807) is 12.1 Å². The van der Waals surface area contributed by atoms with Gasteiger partial charge in [-0.15, -0.1) is 0 Å². The van der Waals surface area contributed by atoms with E-state index in [-0.39, 0.29) is 18.1 Å². The fraction of sp³-hybridized carbons (Fsp3) is 0.125. The number of rotatable bonds is 6. The Balaban J connectivity index is 1.82. The molecule has 2 aromatic rings. The molecule has 7 heteroatoms. The number of anilines is 1. The lowest BCUT2D eigenvalue weighted by atomic mass is 10.2. The Bertz CT molecular complexity index is 726. The quantitative estimate of drug-likeness (QED) is 0.486. The van der Waals surface area contributed by atoms with Crippen LogP contribution in [-0.2, 0) is 4.79 Å². The van der Waals surface area contributed by atoms with Crippen molar-refractivity contribution in [2.45, 2.75) is 6.92 Å². The van der Waals surface area contributed by atoms with Crippen LogP contribution in [-0.4, -0.2) is 23.6 Å². The molecule has 0 aliphatic rings. The molecule has 0 spiro atoms. The second kappa shape index (κ2) is 7.69. The lowest BCUT2D eigenvalue weighted by Gasteiger charge is -2.07. The van der Waals surface area contributed by atoms with Crippen molar-refractivity contribution in [3.05, 3.63) is 69.8 Å². The molecule has 0 aliphatic carbocycles. The summed E-state index contributed by atoms with van der Waals surface area (Å²) in [6.45, 7) is 2.05. The number of para-hydroxylation sites is 1. The van der Waals surface area contributed by atoms with Crippen LogP contribution in [0.25, 0.3) is 0 Å². The van der Waals surface area contributed by atoms with Crippen molar-refractivity contribution in [2.75, 3.05) is 11.9 Å². The molecule has 0 unspecified atom stereocenters. The van der Waals surface area contributed by atoms with Gasteiger partial charge in [-0.25, -0.2) is 5.43 Å². The maximum atomic E-state index is 11.7. The molecule has 0 radical (unpaired) electrons. The summed E-state index contributed by atoms with van der Waals surface area (Å²) in [7, 11) is 0. The minimum absolute atomic E-state index is 0.00798. The van der Waals surface area contributed by atoms with Crippen molar-refractivity contribution in [1.82, 2.24) is 5.43 Å². The molecular weight excluding hydrogens is 296 g/mol. The van der Waals surface area contributed by atoms with E-state index < -0.39 is 4.92 Å². The zero-order valence-electron chi connectivity index (χ0n) is 12.5. The summed E-state index contributed by atoms with van der Waals surface area (Å²) in [5.41, 5.74) is 5.00. The van der Waals surface area contributed by atoms with E-state index in [1.165, 1.54) is 18.3 Å². The summed E-state index contributed by atoms with van der Waals surface area (Å²) < 4.78 is 0. The van der Waals surface area contributed by atoms with E-state index in [0.717, 1.165) is 11.3 Å². The third-order valence-corrected chi connectivity index (χ3v) is 3.09. The van der Waals surface area contributed by atoms with Crippen LogP contribution in [0, 0.1) is 17.0 Å². The van der Waals surface area contributed by atoms with Crippen molar-refractivity contribution in [3.8, 4) is 0 Å². The lowest BCUT2D eigenvalue weighted by molar-refractivity contribution is -0.384. The Morgan fingerprint density at radius 1 is 1.22 bits per heavy atom. The van der Waals surface area contributed by atoms with Crippen molar-refractivity contribution >= 4 is 23.5 Å². The first-order valence-corrected chi connectivity index (χ1v) is 6.92. The fourth-order valence-corrected chi connectivity index (χ4v) is 1.85. The Hall–Kier alpha value is -3.22. The van der Waals surface area contributed by atoms with Crippen LogP contribution in [0.5, 0.6) is 0 Å². The topological polar surface area (TPSA) is 96.6 Å². The number of nitro groups is 1. The molecule has 1 amide bonds. The predicted octanol–water partition coefficient (Wildman–Crippen LogP) is 2.47. The highest BCUT2D eigenvalue weighted by atomic mass is 16.6. The fourth-order valence-electron chi connectivity index (χ4n) is 1.85. The number of aryl methyl sites for hydroxylation is 1. The number of benzene rings is 2. The first-order valence-electron chi connectivity index (χ1n) is 6.92. The Morgan fingerprint density at radius 2 is 1.91 bits per heavy atom. The van der Waals surface area contributed by atoms with Gasteiger partial charge in [-0.1, -0.05) is 18.2 Å². The molecule has 0 bridgehead atoms. The number of carbonyl (C=O) groups is 1. The average molecular weight is 312 g/mol. The van der Waals surface area contributed by atoms with E-state index in [4.69, 9.17) is 0 Å². The Labute approximate surface area is 133 Å². The molecule has 2 aromatic carbocycles. The normalized spacial score (nSPS) is 10.5. The largest absolute Gasteiger partial charge is 0.376 e. The monoisotopic (exact) mass is 312 g/mol. The minimum Gasteiger partial charge on any atom is -0.376 e. The maximum Gasteiger partial charge on any atom is 0.269 e. The molecule has 23 heavy (non-hydrogen) atoms. The molecule has 2 N–H and O–H groups in total. The lowest BCUT2D eigenvalue weighted by Crippen LogP contribution is -2.26. The van der Waals surface area contributed by atoms with E-state index >= 15 is 0 Å². The zero-order valence-corrected chi connectivity index (χ0v) is 12.5. The van der Waals surface area contributed by atoms with Crippen LogP contribution in [0.15, 0.2) is 53.6 Å². The number of hydrogen-bond donors (Lipinski definition) is 2. The number of hydrazone groups is 1. The standard InChI is InChI=1S/C16H16N4O3/c1-12-4-2-3-5-15(12)17-11-16(21)19-18-10-13-6-8-14(9-7-13)20(22)23/h2-10,17H,11H2,1H3,(H,19,21)/b18-10-. The molecule has 0 saturated carbocycles. The summed E-state index contributed by atoms with van der Waals surface area (Å²) in [5, 5.41) is 17.4. The van der Waals surface area contributed by atoms with E-state index in [1.807, 2.05) is 31.2 Å². The summed E-state index contributed by atoms with van der Waals surface area (Å²) in [4.78, 5) is 21.7. The molecular formula is C16H16N4O3. The number of amides is 1. The molecule has 118 valence electrons. The molecule has 0 aromatic heterocycles. The SMILES string of the molecule is Cc1ccccc1NCC(=O)N/N=C\c1ccc([N+](=O)[O-])cc1.